The van der Waals surface area contributed by atoms with Crippen LogP contribution < -0.4 is 41.5 Å². The maximum Gasteiger partial charge on any atom is 0.179 e. The monoisotopic (exact) mass is 1130 g/mol. The van der Waals surface area contributed by atoms with Gasteiger partial charge in [0.15, 0.2) is 33.6 Å². The summed E-state index contributed by atoms with van der Waals surface area (Å²) in [5, 5.41) is 10.0. The van der Waals surface area contributed by atoms with Gasteiger partial charge in [-0.2, -0.15) is 0 Å². The van der Waals surface area contributed by atoms with Crippen molar-refractivity contribution >= 4 is 57.6 Å². The molecule has 0 unspecified atom stereocenters. The molecule has 0 bridgehead atoms. The van der Waals surface area contributed by atoms with Crippen LogP contribution in [0.3, 0.4) is 0 Å². The van der Waals surface area contributed by atoms with Crippen LogP contribution in [0.25, 0.3) is 78.7 Å². The Kier molecular flexibility index (Phi) is 14.8. The molecule has 14 rings (SSSR count). The third kappa shape index (κ3) is 10.3. The van der Waals surface area contributed by atoms with Crippen molar-refractivity contribution in [1.82, 2.24) is 15.0 Å². The van der Waals surface area contributed by atoms with Crippen LogP contribution in [0.1, 0.15) is 0 Å². The highest BCUT2D eigenvalue weighted by molar-refractivity contribution is 7.22. The summed E-state index contributed by atoms with van der Waals surface area (Å²) in [4.78, 5) is 16.4. The average Bonchev–Trinajstić information content (AvgIpc) is 0.924. The second kappa shape index (κ2) is 23.9. The van der Waals surface area contributed by atoms with Crippen molar-refractivity contribution in [3.05, 3.63) is 358 Å². The number of rotatable bonds is 15. The Balaban J connectivity index is 1.13. The molecule has 14 aromatic rings. The first-order chi connectivity index (χ1) is 42.6. The molecule has 0 fully saturated rings. The fraction of sp³-hybridized carbons (Fsp3) is 0. The van der Waals surface area contributed by atoms with E-state index in [1.165, 1.54) is 86.0 Å². The Morgan fingerprint density at radius 1 is 0.140 bits per heavy atom. The zero-order valence-corrected chi connectivity index (χ0v) is 49.4. The molecule has 0 saturated carbocycles. The normalized spacial score (nSPS) is 11.5. The first-order valence-electron chi connectivity index (χ1n) is 29.4. The van der Waals surface area contributed by atoms with Crippen molar-refractivity contribution in [2.24, 2.45) is 0 Å². The molecule has 0 N–H and O–H groups in total. The van der Waals surface area contributed by atoms with Gasteiger partial charge in [-0.3, -0.25) is 0 Å². The van der Waals surface area contributed by atoms with E-state index in [1.54, 1.807) is 0 Å². The molecule has 0 spiro atoms. The van der Waals surface area contributed by atoms with E-state index in [4.69, 9.17) is 15.0 Å². The zero-order chi connectivity index (χ0) is 57.5. The quantitative estimate of drug-likeness (QED) is 0.0758. The number of hydrogen-bond donors (Lipinski definition) is 0. The van der Waals surface area contributed by atoms with E-state index in [-0.39, 0.29) is 0 Å². The molecule has 0 aliphatic heterocycles. The van der Waals surface area contributed by atoms with E-state index in [0.717, 1.165) is 16.7 Å². The molecular formula is C81H59N3Si2. The molecule has 0 aliphatic carbocycles. The fourth-order valence-electron chi connectivity index (χ4n) is 12.7. The minimum Gasteiger partial charge on any atom is -0.208 e. The molecule has 13 aromatic carbocycles. The maximum absolute atomic E-state index is 5.57. The topological polar surface area (TPSA) is 38.7 Å². The van der Waals surface area contributed by atoms with Crippen LogP contribution in [0.5, 0.6) is 0 Å². The summed E-state index contributed by atoms with van der Waals surface area (Å²) in [6, 6.07) is 132. The number of benzene rings is 13. The molecule has 0 atom stereocenters. The average molecular weight is 1130 g/mol. The smallest absolute Gasteiger partial charge is 0.179 e. The summed E-state index contributed by atoms with van der Waals surface area (Å²) in [6.45, 7) is 0. The molecule has 86 heavy (non-hydrogen) atoms. The standard InChI is InChI=1S/C81H59N3Si2/c1-9-25-60(26-10-1)64-41-49-73(50-42-64)85(71-37-21-7-22-38-71,74-51-43-65(44-52-74)61-27-11-2-12-28-61)77-57-70(81-83-79(68-33-17-5-18-34-68)82-80(84-81)69-35-19-6-20-36-69)58-78(59-77)86(72-39-23-8-24-40-72,75-53-45-66(46-54-75)62-29-13-3-14-30-62)76-55-47-67(48-56-76)63-31-15-4-16-32-63/h1-59H. The van der Waals surface area contributed by atoms with Gasteiger partial charge in [0.2, 0.25) is 0 Å². The third-order valence-electron chi connectivity index (χ3n) is 16.9. The Labute approximate surface area is 506 Å². The molecular weight excluding hydrogens is 1070 g/mol. The highest BCUT2D eigenvalue weighted by atomic mass is 28.3. The predicted molar refractivity (Wildman–Crippen MR) is 365 cm³/mol. The Morgan fingerprint density at radius 2 is 0.326 bits per heavy atom. The SMILES string of the molecule is c1ccc(-c2ccc([Si](c3ccccc3)(c3ccc(-c4ccccc4)cc3)c3cc(-c4nc(-c5ccccc5)nc(-c5ccccc5)n4)cc([Si](c4ccccc4)(c4ccc(-c5ccccc5)cc4)c4ccc(-c5ccccc5)cc4)c3)cc2)cc1. The molecule has 0 amide bonds. The lowest BCUT2D eigenvalue weighted by Crippen LogP contribution is -2.78. The van der Waals surface area contributed by atoms with Crippen LogP contribution in [0, 0.1) is 0 Å². The molecule has 5 heteroatoms. The van der Waals surface area contributed by atoms with Crippen LogP contribution in [0.4, 0.5) is 0 Å². The van der Waals surface area contributed by atoms with Gasteiger partial charge in [-0.05, 0) is 86.0 Å². The summed E-state index contributed by atoms with van der Waals surface area (Å²) in [6.07, 6.45) is 0. The minimum absolute atomic E-state index is 0.602. The molecule has 3 nitrogen and oxygen atoms in total. The van der Waals surface area contributed by atoms with Gasteiger partial charge < -0.3 is 0 Å². The van der Waals surface area contributed by atoms with Crippen molar-refractivity contribution in [3.63, 3.8) is 0 Å². The van der Waals surface area contributed by atoms with E-state index in [2.05, 4.69) is 346 Å². The molecule has 0 saturated heterocycles. The minimum atomic E-state index is -3.44. The summed E-state index contributed by atoms with van der Waals surface area (Å²) in [5.41, 5.74) is 12.1. The van der Waals surface area contributed by atoms with E-state index < -0.39 is 16.1 Å². The van der Waals surface area contributed by atoms with Crippen LogP contribution >= 0.6 is 0 Å². The lowest BCUT2D eigenvalue weighted by atomic mass is 10.1. The van der Waals surface area contributed by atoms with Crippen molar-refractivity contribution < 1.29 is 0 Å². The van der Waals surface area contributed by atoms with Crippen molar-refractivity contribution in [2.75, 3.05) is 0 Å². The fourth-order valence-corrected chi connectivity index (χ4v) is 22.4. The van der Waals surface area contributed by atoms with Crippen molar-refractivity contribution in [2.45, 2.75) is 0 Å². The number of aromatic nitrogens is 3. The lowest BCUT2D eigenvalue weighted by Gasteiger charge is -2.38. The van der Waals surface area contributed by atoms with Gasteiger partial charge in [-0.25, -0.2) is 15.0 Å². The largest absolute Gasteiger partial charge is 0.208 e. The predicted octanol–water partition coefficient (Wildman–Crippen LogP) is 14.3. The first kappa shape index (κ1) is 53.3. The first-order valence-corrected chi connectivity index (χ1v) is 33.4. The zero-order valence-electron chi connectivity index (χ0n) is 47.4. The summed E-state index contributed by atoms with van der Waals surface area (Å²) >= 11 is 0. The van der Waals surface area contributed by atoms with Gasteiger partial charge in [0, 0.05) is 16.7 Å². The van der Waals surface area contributed by atoms with Gasteiger partial charge in [0.05, 0.1) is 0 Å². The highest BCUT2D eigenvalue weighted by Gasteiger charge is 2.46. The van der Waals surface area contributed by atoms with E-state index in [9.17, 15) is 0 Å². The van der Waals surface area contributed by atoms with Crippen LogP contribution in [-0.2, 0) is 0 Å². The molecule has 1 aromatic heterocycles. The highest BCUT2D eigenvalue weighted by Crippen LogP contribution is 2.29. The third-order valence-corrected chi connectivity index (χ3v) is 26.4. The summed E-state index contributed by atoms with van der Waals surface area (Å²) in [5.74, 6) is 1.83. The lowest BCUT2D eigenvalue weighted by molar-refractivity contribution is 1.07. The summed E-state index contributed by atoms with van der Waals surface area (Å²) < 4.78 is 0. The molecule has 0 aliphatic rings. The Morgan fingerprint density at radius 3 is 0.570 bits per heavy atom. The van der Waals surface area contributed by atoms with Gasteiger partial charge in [0.25, 0.3) is 0 Å². The number of hydrogen-bond acceptors (Lipinski definition) is 3. The second-order valence-corrected chi connectivity index (χ2v) is 29.5. The van der Waals surface area contributed by atoms with Crippen LogP contribution in [-0.4, -0.2) is 31.1 Å². The van der Waals surface area contributed by atoms with E-state index in [0.29, 0.717) is 17.5 Å². The maximum atomic E-state index is 5.57. The Bertz CT molecular complexity index is 4080. The van der Waals surface area contributed by atoms with Gasteiger partial charge in [-0.15, -0.1) is 0 Å². The number of nitrogens with zero attached hydrogens (tertiary/aromatic N) is 3. The Hall–Kier alpha value is -10.7. The van der Waals surface area contributed by atoms with Crippen LogP contribution in [0.2, 0.25) is 0 Å². The van der Waals surface area contributed by atoms with E-state index >= 15 is 0 Å². The van der Waals surface area contributed by atoms with Crippen LogP contribution in [0.15, 0.2) is 358 Å². The van der Waals surface area contributed by atoms with Gasteiger partial charge in [-0.1, -0.05) is 358 Å². The van der Waals surface area contributed by atoms with Crippen molar-refractivity contribution in [3.8, 4) is 78.7 Å². The van der Waals surface area contributed by atoms with Gasteiger partial charge in [0.1, 0.15) is 0 Å². The molecule has 0 radical (unpaired) electrons. The second-order valence-electron chi connectivity index (χ2n) is 21.8. The van der Waals surface area contributed by atoms with E-state index in [1.807, 2.05) is 12.1 Å². The van der Waals surface area contributed by atoms with Crippen molar-refractivity contribution in [1.29, 1.82) is 0 Å². The molecule has 406 valence electrons. The van der Waals surface area contributed by atoms with Gasteiger partial charge >= 0.3 is 0 Å². The summed E-state index contributed by atoms with van der Waals surface area (Å²) in [7, 11) is -6.87. The molecule has 1 heterocycles.